The van der Waals surface area contributed by atoms with Gasteiger partial charge in [-0.15, -0.1) is 0 Å². The van der Waals surface area contributed by atoms with E-state index in [1.807, 2.05) is 0 Å². The number of hydrogen-bond donors (Lipinski definition) is 1. The van der Waals surface area contributed by atoms with Gasteiger partial charge in [-0.3, -0.25) is 0 Å². The molecule has 4 heteroatoms. The van der Waals surface area contributed by atoms with Gasteiger partial charge in [0.05, 0.1) is 6.61 Å². The molecule has 0 atom stereocenters. The lowest BCUT2D eigenvalue weighted by molar-refractivity contribution is 0.201. The van der Waals surface area contributed by atoms with Gasteiger partial charge in [0.2, 0.25) is 0 Å². The standard InChI is InChI=1S/C7H8ClNO2/c8-7-6(11-5-4-10)2-1-3-9-7/h1-3,10H,4-5H2. The molecular weight excluding hydrogens is 166 g/mol. The molecule has 1 N–H and O–H groups in total. The smallest absolute Gasteiger partial charge is 0.171 e. The molecule has 0 saturated carbocycles. The van der Waals surface area contributed by atoms with E-state index < -0.39 is 0 Å². The molecule has 0 unspecified atom stereocenters. The first-order chi connectivity index (χ1) is 5.34. The van der Waals surface area contributed by atoms with Crippen LogP contribution in [0.2, 0.25) is 5.15 Å². The van der Waals surface area contributed by atoms with Crippen LogP contribution in [0.3, 0.4) is 0 Å². The largest absolute Gasteiger partial charge is 0.488 e. The van der Waals surface area contributed by atoms with Gasteiger partial charge in [-0.25, -0.2) is 4.98 Å². The molecule has 0 amide bonds. The molecule has 1 heterocycles. The molecule has 11 heavy (non-hydrogen) atoms. The van der Waals surface area contributed by atoms with Gasteiger partial charge >= 0.3 is 0 Å². The lowest BCUT2D eigenvalue weighted by atomic mass is 10.5. The van der Waals surface area contributed by atoms with Gasteiger partial charge < -0.3 is 9.84 Å². The second-order valence-electron chi connectivity index (χ2n) is 1.86. The first-order valence-electron chi connectivity index (χ1n) is 3.19. The summed E-state index contributed by atoms with van der Waals surface area (Å²) in [5, 5.41) is 8.75. The Morgan fingerprint density at radius 3 is 3.09 bits per heavy atom. The molecule has 1 aromatic rings. The van der Waals surface area contributed by atoms with Crippen LogP contribution >= 0.6 is 11.6 Å². The summed E-state index contributed by atoms with van der Waals surface area (Å²) in [4.78, 5) is 3.79. The molecule has 1 rings (SSSR count). The first-order valence-corrected chi connectivity index (χ1v) is 3.56. The quantitative estimate of drug-likeness (QED) is 0.697. The Morgan fingerprint density at radius 1 is 1.64 bits per heavy atom. The minimum Gasteiger partial charge on any atom is -0.488 e. The van der Waals surface area contributed by atoms with Gasteiger partial charge in [-0.2, -0.15) is 0 Å². The fraction of sp³-hybridized carbons (Fsp3) is 0.286. The summed E-state index contributed by atoms with van der Waals surface area (Å²) < 4.78 is 5.04. The molecule has 1 aromatic heterocycles. The number of rotatable bonds is 3. The normalized spacial score (nSPS) is 9.64. The Hall–Kier alpha value is -0.800. The minimum atomic E-state index is -0.0226. The summed E-state index contributed by atoms with van der Waals surface area (Å²) in [6.45, 7) is 0.219. The Bertz CT molecular complexity index is 229. The summed E-state index contributed by atoms with van der Waals surface area (Å²) >= 11 is 5.64. The Balaban J connectivity index is 2.62. The lowest BCUT2D eigenvalue weighted by Crippen LogP contribution is -2.02. The second-order valence-corrected chi connectivity index (χ2v) is 2.22. The number of nitrogens with zero attached hydrogens (tertiary/aromatic N) is 1. The third-order valence-corrected chi connectivity index (χ3v) is 1.36. The number of hydrogen-bond acceptors (Lipinski definition) is 3. The average molecular weight is 174 g/mol. The lowest BCUT2D eigenvalue weighted by Gasteiger charge is -2.03. The summed E-state index contributed by atoms with van der Waals surface area (Å²) in [6, 6.07) is 3.42. The van der Waals surface area contributed by atoms with Crippen molar-refractivity contribution in [3.05, 3.63) is 23.5 Å². The monoisotopic (exact) mass is 173 g/mol. The number of ether oxygens (including phenoxy) is 1. The van der Waals surface area contributed by atoms with Crippen LogP contribution in [0.5, 0.6) is 5.75 Å². The van der Waals surface area contributed by atoms with Crippen molar-refractivity contribution in [2.45, 2.75) is 0 Å². The van der Waals surface area contributed by atoms with Gasteiger partial charge in [0.1, 0.15) is 6.61 Å². The van der Waals surface area contributed by atoms with Crippen molar-refractivity contribution in [3.63, 3.8) is 0 Å². The van der Waals surface area contributed by atoms with E-state index in [0.717, 1.165) is 0 Å². The van der Waals surface area contributed by atoms with E-state index in [4.69, 9.17) is 21.4 Å². The van der Waals surface area contributed by atoms with Crippen LogP contribution in [0.1, 0.15) is 0 Å². The van der Waals surface area contributed by atoms with Crippen molar-refractivity contribution in [1.82, 2.24) is 4.98 Å². The van der Waals surface area contributed by atoms with Crippen LogP contribution in [0.4, 0.5) is 0 Å². The van der Waals surface area contributed by atoms with Gasteiger partial charge in [0.15, 0.2) is 10.9 Å². The van der Waals surface area contributed by atoms with Gasteiger partial charge in [-0.05, 0) is 12.1 Å². The van der Waals surface area contributed by atoms with Crippen molar-refractivity contribution in [3.8, 4) is 5.75 Å². The minimum absolute atomic E-state index is 0.0226. The summed E-state index contributed by atoms with van der Waals surface area (Å²) in [6.07, 6.45) is 1.58. The van der Waals surface area contributed by atoms with Crippen LogP contribution in [0, 0.1) is 0 Å². The number of pyridine rings is 1. The fourth-order valence-electron chi connectivity index (χ4n) is 0.635. The molecule has 0 fully saturated rings. The van der Waals surface area contributed by atoms with Crippen molar-refractivity contribution in [2.24, 2.45) is 0 Å². The predicted octanol–water partition coefficient (Wildman–Crippen LogP) is 1.11. The highest BCUT2D eigenvalue weighted by atomic mass is 35.5. The molecule has 0 aliphatic carbocycles. The van der Waals surface area contributed by atoms with Crippen molar-refractivity contribution in [2.75, 3.05) is 13.2 Å². The fourth-order valence-corrected chi connectivity index (χ4v) is 0.808. The maximum Gasteiger partial charge on any atom is 0.171 e. The van der Waals surface area contributed by atoms with Crippen LogP contribution in [0.15, 0.2) is 18.3 Å². The number of aliphatic hydroxyl groups is 1. The van der Waals surface area contributed by atoms with E-state index in [9.17, 15) is 0 Å². The molecule has 0 saturated heterocycles. The van der Waals surface area contributed by atoms with Gasteiger partial charge in [0, 0.05) is 6.20 Å². The average Bonchev–Trinajstić information content (AvgIpc) is 2.03. The van der Waals surface area contributed by atoms with Crippen LogP contribution < -0.4 is 4.74 Å². The zero-order valence-corrected chi connectivity index (χ0v) is 6.58. The third kappa shape index (κ3) is 2.37. The third-order valence-electron chi connectivity index (χ3n) is 1.07. The van der Waals surface area contributed by atoms with E-state index in [1.165, 1.54) is 0 Å². The maximum absolute atomic E-state index is 8.43. The van der Waals surface area contributed by atoms with Gasteiger partial charge in [0.25, 0.3) is 0 Å². The van der Waals surface area contributed by atoms with Crippen molar-refractivity contribution >= 4 is 11.6 Å². The van der Waals surface area contributed by atoms with E-state index >= 15 is 0 Å². The summed E-state index contributed by atoms with van der Waals surface area (Å²) in [5.74, 6) is 0.503. The molecule has 0 spiro atoms. The van der Waals surface area contributed by atoms with E-state index in [2.05, 4.69) is 4.98 Å². The molecule has 0 aromatic carbocycles. The van der Waals surface area contributed by atoms with E-state index in [0.29, 0.717) is 10.9 Å². The topological polar surface area (TPSA) is 42.4 Å². The highest BCUT2D eigenvalue weighted by molar-refractivity contribution is 6.30. The number of halogens is 1. The maximum atomic E-state index is 8.43. The Morgan fingerprint density at radius 2 is 2.45 bits per heavy atom. The van der Waals surface area contributed by atoms with Crippen LogP contribution in [-0.4, -0.2) is 23.3 Å². The molecular formula is C7H8ClNO2. The number of aliphatic hydroxyl groups excluding tert-OH is 1. The highest BCUT2D eigenvalue weighted by Crippen LogP contribution is 2.19. The SMILES string of the molecule is OCCOc1cccnc1Cl. The Kier molecular flexibility index (Phi) is 3.14. The van der Waals surface area contributed by atoms with Crippen LogP contribution in [-0.2, 0) is 0 Å². The van der Waals surface area contributed by atoms with Crippen LogP contribution in [0.25, 0.3) is 0 Å². The molecule has 0 aliphatic heterocycles. The predicted molar refractivity (Wildman–Crippen MR) is 41.8 cm³/mol. The number of aromatic nitrogens is 1. The molecule has 60 valence electrons. The highest BCUT2D eigenvalue weighted by Gasteiger charge is 1.98. The first kappa shape index (κ1) is 8.30. The summed E-state index contributed by atoms with van der Waals surface area (Å²) in [5.41, 5.74) is 0. The second kappa shape index (κ2) is 4.16. The zero-order valence-electron chi connectivity index (χ0n) is 5.83. The van der Waals surface area contributed by atoms with E-state index in [-0.39, 0.29) is 13.2 Å². The van der Waals surface area contributed by atoms with Crippen molar-refractivity contribution < 1.29 is 9.84 Å². The Labute approximate surface area is 69.6 Å². The summed E-state index contributed by atoms with van der Waals surface area (Å²) in [7, 11) is 0. The van der Waals surface area contributed by atoms with E-state index in [1.54, 1.807) is 18.3 Å². The molecule has 3 nitrogen and oxygen atoms in total. The zero-order chi connectivity index (χ0) is 8.10. The molecule has 0 aliphatic rings. The molecule has 0 bridgehead atoms. The van der Waals surface area contributed by atoms with Crippen molar-refractivity contribution in [1.29, 1.82) is 0 Å². The molecule has 0 radical (unpaired) electrons. The van der Waals surface area contributed by atoms with Gasteiger partial charge in [-0.1, -0.05) is 11.6 Å².